The van der Waals surface area contributed by atoms with E-state index in [1.807, 2.05) is 0 Å². The summed E-state index contributed by atoms with van der Waals surface area (Å²) in [6.07, 6.45) is -11.6. The second-order valence-electron chi connectivity index (χ2n) is 13.5. The van der Waals surface area contributed by atoms with Gasteiger partial charge < -0.3 is 29.5 Å². The number of aromatic nitrogens is 8. The molecule has 0 spiro atoms. The lowest BCUT2D eigenvalue weighted by molar-refractivity contribution is -0.119. The fourth-order valence-corrected chi connectivity index (χ4v) is 7.92. The maximum absolute atomic E-state index is 13.3. The second-order valence-corrected chi connectivity index (χ2v) is 16.4. The molecule has 304 valence electrons. The maximum atomic E-state index is 13.3. The van der Waals surface area contributed by atoms with E-state index in [2.05, 4.69) is 40.5 Å². The Morgan fingerprint density at radius 2 is 1.12 bits per heavy atom. The number of hydrogen-bond donors (Lipinski definition) is 8. The van der Waals surface area contributed by atoms with Crippen molar-refractivity contribution in [3.8, 4) is 0 Å². The number of aliphatic hydroxyl groups is 2. The van der Waals surface area contributed by atoms with Crippen molar-refractivity contribution in [2.24, 2.45) is 11.8 Å². The molecule has 4 aromatic heterocycles. The Bertz CT molecular complexity index is 2230. The van der Waals surface area contributed by atoms with Crippen LogP contribution in [0.5, 0.6) is 0 Å². The van der Waals surface area contributed by atoms with E-state index in [0.717, 1.165) is 21.8 Å². The molecule has 26 nitrogen and oxygen atoms in total. The number of amides is 2. The van der Waals surface area contributed by atoms with Crippen molar-refractivity contribution in [3.05, 3.63) is 33.4 Å². The number of rotatable bonds is 6. The molecule has 8 N–H and O–H groups in total. The molecular weight excluding hydrogens is 794 g/mol. The number of H-pyrrole nitrogens is 2. The third kappa shape index (κ3) is 7.70. The zero-order chi connectivity index (χ0) is 40.4. The highest BCUT2D eigenvalue weighted by Gasteiger charge is 2.54. The van der Waals surface area contributed by atoms with E-state index in [-0.39, 0.29) is 34.2 Å². The number of phosphoric ester groups is 2. The van der Waals surface area contributed by atoms with E-state index in [0.29, 0.717) is 0 Å². The first-order chi connectivity index (χ1) is 26.3. The average molecular weight is 831 g/mol. The number of carbonyl (C=O) groups is 2. The molecule has 0 aromatic carbocycles. The van der Waals surface area contributed by atoms with Gasteiger partial charge in [-0.2, -0.15) is 9.97 Å². The zero-order valence-corrected chi connectivity index (χ0v) is 31.4. The molecule has 56 heavy (non-hydrogen) atoms. The average Bonchev–Trinajstić information content (AvgIpc) is 3.87. The van der Waals surface area contributed by atoms with Crippen LogP contribution >= 0.6 is 15.6 Å². The Hall–Kier alpha value is -4.30. The number of ether oxygens (including phenoxy) is 2. The van der Waals surface area contributed by atoms with E-state index in [1.165, 1.54) is 0 Å². The van der Waals surface area contributed by atoms with Crippen molar-refractivity contribution in [1.82, 2.24) is 39.0 Å². The predicted octanol–water partition coefficient (Wildman–Crippen LogP) is -1.02. The number of nitrogens with one attached hydrogen (secondary N) is 4. The fourth-order valence-electron chi connectivity index (χ4n) is 6.00. The quantitative estimate of drug-likeness (QED) is 0.108. The molecule has 0 radical (unpaired) electrons. The molecule has 10 atom stereocenters. The molecule has 3 saturated heterocycles. The normalized spacial score (nSPS) is 32.6. The zero-order valence-electron chi connectivity index (χ0n) is 29.6. The Morgan fingerprint density at radius 1 is 0.750 bits per heavy atom. The van der Waals surface area contributed by atoms with Gasteiger partial charge in [0.25, 0.3) is 11.1 Å². The largest absolute Gasteiger partial charge is 0.472 e. The Labute approximate surface area is 312 Å². The molecule has 3 fully saturated rings. The third-order valence-electron chi connectivity index (χ3n) is 8.88. The summed E-state index contributed by atoms with van der Waals surface area (Å²) < 4.78 is 61.5. The van der Waals surface area contributed by atoms with Gasteiger partial charge in [-0.3, -0.25) is 67.0 Å². The van der Waals surface area contributed by atoms with Gasteiger partial charge in [0.15, 0.2) is 34.8 Å². The van der Waals surface area contributed by atoms with Crippen LogP contribution in [0.4, 0.5) is 11.9 Å². The minimum absolute atomic E-state index is 0.190. The number of imidazole rings is 2. The van der Waals surface area contributed by atoms with Crippen LogP contribution in [0, 0.1) is 11.8 Å². The first-order valence-electron chi connectivity index (χ1n) is 16.9. The second kappa shape index (κ2) is 14.9. The van der Waals surface area contributed by atoms with Gasteiger partial charge in [0, 0.05) is 11.8 Å². The summed E-state index contributed by atoms with van der Waals surface area (Å²) in [6.45, 7) is 4.59. The minimum Gasteiger partial charge on any atom is -0.386 e. The molecule has 7 rings (SSSR count). The van der Waals surface area contributed by atoms with Crippen molar-refractivity contribution in [2.75, 3.05) is 23.8 Å². The van der Waals surface area contributed by atoms with E-state index in [1.54, 1.807) is 27.7 Å². The summed E-state index contributed by atoms with van der Waals surface area (Å²) in [4.78, 5) is 92.7. The molecule has 28 heteroatoms. The fraction of sp³-hybridized carbons (Fsp3) is 0.571. The highest BCUT2D eigenvalue weighted by atomic mass is 31.2. The SMILES string of the molecule is CC(C)C(=O)Nc1nc2c(ncn2[C@@H]2O[C@@H]3COP(=O)(O)O[C@H]4[C@@H](O)[C@H](n5cnc6c(=O)[nH]c(NC(=O)C(C)C)nc65)O[C@@H]4COP(=O)(O)O[C@H]3[C@H]2O)c(=O)[nH]1. The maximum Gasteiger partial charge on any atom is 0.472 e. The van der Waals surface area contributed by atoms with Crippen LogP contribution < -0.4 is 21.8 Å². The number of aliphatic hydroxyl groups excluding tert-OH is 2. The molecular formula is C28H36N10O16P2. The van der Waals surface area contributed by atoms with Crippen LogP contribution in [-0.4, -0.2) is 121 Å². The van der Waals surface area contributed by atoms with Gasteiger partial charge in [-0.15, -0.1) is 0 Å². The Morgan fingerprint density at radius 3 is 1.48 bits per heavy atom. The van der Waals surface area contributed by atoms with Gasteiger partial charge in [-0.05, 0) is 0 Å². The highest BCUT2D eigenvalue weighted by Crippen LogP contribution is 2.53. The van der Waals surface area contributed by atoms with Crippen molar-refractivity contribution in [3.63, 3.8) is 0 Å². The highest BCUT2D eigenvalue weighted by molar-refractivity contribution is 7.47. The molecule has 3 aliphatic heterocycles. The van der Waals surface area contributed by atoms with Crippen LogP contribution in [0.25, 0.3) is 22.3 Å². The standard InChI is InChI=1S/C28H36N10O16P2/c1-9(2)21(41)33-27-31-19-13(23(43)35-27)29-7-37(19)25-15(39)17-11(51-25)5-49-56(47,48)54-18-12(6-50-55(45,46)53-17)52-26(16(18)40)38-8-30-14-20(38)32-28(36-24(14)44)34-22(42)10(3)4/h7-12,15-18,25-26,39-40H,5-6H2,1-4H3,(H,45,46)(H,47,48)(H2,31,33,35,41,43)(H2,32,34,36,42,44)/t11-,12-,15-,16-,17-,18-,25-,26-/m1/s1. The van der Waals surface area contributed by atoms with Crippen molar-refractivity contribution >= 4 is 61.7 Å². The molecule has 2 unspecified atom stereocenters. The van der Waals surface area contributed by atoms with Gasteiger partial charge in [-0.25, -0.2) is 19.1 Å². The van der Waals surface area contributed by atoms with E-state index in [4.69, 9.17) is 27.6 Å². The summed E-state index contributed by atoms with van der Waals surface area (Å²) in [5.74, 6) is -2.41. The minimum atomic E-state index is -5.20. The molecule has 0 saturated carbocycles. The number of hydrogen-bond acceptors (Lipinski definition) is 18. The summed E-state index contributed by atoms with van der Waals surface area (Å²) in [7, 11) is -10.4. The van der Waals surface area contributed by atoms with E-state index >= 15 is 0 Å². The third-order valence-corrected chi connectivity index (χ3v) is 10.8. The van der Waals surface area contributed by atoms with Crippen LogP contribution in [-0.2, 0) is 46.3 Å². The lowest BCUT2D eigenvalue weighted by Crippen LogP contribution is -2.39. The molecule has 7 heterocycles. The van der Waals surface area contributed by atoms with Crippen LogP contribution in [0.15, 0.2) is 22.2 Å². The summed E-state index contributed by atoms with van der Waals surface area (Å²) in [5.41, 5.74) is -2.37. The Kier molecular flexibility index (Phi) is 10.6. The number of aromatic amines is 2. The molecule has 0 aliphatic carbocycles. The molecule has 4 aromatic rings. The number of phosphoric acid groups is 2. The van der Waals surface area contributed by atoms with Gasteiger partial charge in [-0.1, -0.05) is 27.7 Å². The van der Waals surface area contributed by atoms with Gasteiger partial charge in [0.1, 0.15) is 36.6 Å². The van der Waals surface area contributed by atoms with Crippen LogP contribution in [0.3, 0.4) is 0 Å². The lowest BCUT2D eigenvalue weighted by Gasteiger charge is -2.27. The summed E-state index contributed by atoms with van der Waals surface area (Å²) >= 11 is 0. The number of carbonyl (C=O) groups excluding carboxylic acids is 2. The monoisotopic (exact) mass is 830 g/mol. The number of nitrogens with zero attached hydrogens (tertiary/aromatic N) is 6. The predicted molar refractivity (Wildman–Crippen MR) is 184 cm³/mol. The number of anilines is 2. The summed E-state index contributed by atoms with van der Waals surface area (Å²) in [6, 6.07) is 0. The topological polar surface area (TPSA) is 356 Å². The van der Waals surface area contributed by atoms with E-state index in [9.17, 15) is 48.3 Å². The summed E-state index contributed by atoms with van der Waals surface area (Å²) in [5, 5.41) is 27.6. The van der Waals surface area contributed by atoms with Gasteiger partial charge in [0.05, 0.1) is 25.9 Å². The molecule has 0 bridgehead atoms. The first-order valence-corrected chi connectivity index (χ1v) is 19.9. The number of fused-ring (bicyclic) bond motifs is 4. The van der Waals surface area contributed by atoms with Crippen molar-refractivity contribution in [2.45, 2.75) is 76.8 Å². The smallest absolute Gasteiger partial charge is 0.386 e. The van der Waals surface area contributed by atoms with Crippen LogP contribution in [0.2, 0.25) is 0 Å². The van der Waals surface area contributed by atoms with Crippen molar-refractivity contribution in [1.29, 1.82) is 0 Å². The lowest BCUT2D eigenvalue weighted by atomic mass is 10.1. The molecule has 3 aliphatic rings. The molecule has 2 amide bonds. The Balaban J connectivity index is 1.15. The van der Waals surface area contributed by atoms with Crippen molar-refractivity contribution < 1.29 is 66.3 Å². The van der Waals surface area contributed by atoms with E-state index < -0.39 is 113 Å². The van der Waals surface area contributed by atoms with Gasteiger partial charge in [0.2, 0.25) is 23.7 Å². The van der Waals surface area contributed by atoms with Crippen LogP contribution in [0.1, 0.15) is 40.2 Å². The van der Waals surface area contributed by atoms with Gasteiger partial charge >= 0.3 is 15.6 Å². The first kappa shape index (κ1) is 39.9.